The number of carbonyl (C=O) groups is 1. The fraction of sp³-hybridized carbons (Fsp3) is 0.381. The van der Waals surface area contributed by atoms with Gasteiger partial charge < -0.3 is 9.80 Å². The monoisotopic (exact) mass is 318 g/mol. The van der Waals surface area contributed by atoms with E-state index in [4.69, 9.17) is 0 Å². The molecule has 3 nitrogen and oxygen atoms in total. The first-order chi connectivity index (χ1) is 11.7. The van der Waals surface area contributed by atoms with Gasteiger partial charge in [-0.3, -0.25) is 0 Å². The van der Waals surface area contributed by atoms with Crippen molar-refractivity contribution in [1.29, 1.82) is 0 Å². The van der Waals surface area contributed by atoms with Gasteiger partial charge in [0.1, 0.15) is 0 Å². The molecule has 2 aromatic rings. The summed E-state index contributed by atoms with van der Waals surface area (Å²) < 4.78 is 0. The van der Waals surface area contributed by atoms with Gasteiger partial charge in [-0.25, -0.2) is 4.79 Å². The molecule has 0 saturated carbocycles. The van der Waals surface area contributed by atoms with E-state index in [1.165, 1.54) is 22.3 Å². The molecule has 0 N–H and O–H groups in total. The number of benzene rings is 2. The van der Waals surface area contributed by atoms with Crippen molar-refractivity contribution in [3.8, 4) is 0 Å². The summed E-state index contributed by atoms with van der Waals surface area (Å²) in [6.07, 6.45) is 0. The minimum atomic E-state index is 0.150. The average Bonchev–Trinajstić information content (AvgIpc) is 3.06. The lowest BCUT2D eigenvalue weighted by atomic mass is 9.55. The summed E-state index contributed by atoms with van der Waals surface area (Å²) in [5, 5.41) is 0. The number of rotatable bonds is 0. The van der Waals surface area contributed by atoms with Gasteiger partial charge in [-0.2, -0.15) is 0 Å². The fourth-order valence-electron chi connectivity index (χ4n) is 5.41. The Bertz CT molecular complexity index is 723. The molecular weight excluding hydrogens is 296 g/mol. The van der Waals surface area contributed by atoms with E-state index in [1.807, 2.05) is 14.1 Å². The highest BCUT2D eigenvalue weighted by atomic mass is 16.2. The van der Waals surface area contributed by atoms with Crippen molar-refractivity contribution in [1.82, 2.24) is 9.80 Å². The van der Waals surface area contributed by atoms with Gasteiger partial charge in [-0.05, 0) is 34.1 Å². The lowest BCUT2D eigenvalue weighted by Gasteiger charge is -2.47. The summed E-state index contributed by atoms with van der Waals surface area (Å²) in [6.45, 7) is 1.76. The largest absolute Gasteiger partial charge is 0.331 e. The van der Waals surface area contributed by atoms with E-state index in [2.05, 4.69) is 53.4 Å². The van der Waals surface area contributed by atoms with Gasteiger partial charge in [-0.15, -0.1) is 0 Å². The molecule has 122 valence electrons. The Labute approximate surface area is 142 Å². The third-order valence-corrected chi connectivity index (χ3v) is 6.25. The standard InChI is InChI=1S/C21H22N2O/c1-22(2)21(24)23-11-17-18(12-23)20-14-8-4-3-7-13(14)19(17)15-9-5-6-10-16(15)20/h3-10,17-20H,11-12H2,1-2H3/t17-,18+,19?,20?. The lowest BCUT2D eigenvalue weighted by molar-refractivity contribution is 0.179. The molecule has 2 bridgehead atoms. The van der Waals surface area contributed by atoms with Crippen LogP contribution in [0, 0.1) is 11.8 Å². The molecule has 2 amide bonds. The van der Waals surface area contributed by atoms with Gasteiger partial charge in [0.05, 0.1) is 0 Å². The first-order valence-electron chi connectivity index (χ1n) is 8.80. The van der Waals surface area contributed by atoms with Crippen LogP contribution in [-0.2, 0) is 0 Å². The van der Waals surface area contributed by atoms with Gasteiger partial charge in [0.2, 0.25) is 0 Å². The van der Waals surface area contributed by atoms with Gasteiger partial charge in [0.25, 0.3) is 0 Å². The van der Waals surface area contributed by atoms with Crippen molar-refractivity contribution in [3.63, 3.8) is 0 Å². The van der Waals surface area contributed by atoms with Crippen molar-refractivity contribution in [2.75, 3.05) is 27.2 Å². The highest BCUT2D eigenvalue weighted by Gasteiger charge is 2.53. The molecule has 1 fully saturated rings. The van der Waals surface area contributed by atoms with Crippen LogP contribution in [0.5, 0.6) is 0 Å². The van der Waals surface area contributed by atoms with Crippen LogP contribution in [0.1, 0.15) is 34.1 Å². The first kappa shape index (κ1) is 14.1. The predicted molar refractivity (Wildman–Crippen MR) is 94.2 cm³/mol. The summed E-state index contributed by atoms with van der Waals surface area (Å²) in [5.74, 6) is 1.96. The molecule has 0 unspecified atom stereocenters. The Kier molecular flexibility index (Phi) is 2.85. The van der Waals surface area contributed by atoms with Crippen LogP contribution in [0.2, 0.25) is 0 Å². The number of nitrogens with zero attached hydrogens (tertiary/aromatic N) is 2. The predicted octanol–water partition coefficient (Wildman–Crippen LogP) is 3.51. The zero-order chi connectivity index (χ0) is 16.4. The molecular formula is C21H22N2O. The van der Waals surface area contributed by atoms with Gasteiger partial charge in [0.15, 0.2) is 0 Å². The van der Waals surface area contributed by atoms with Crippen LogP contribution in [0.3, 0.4) is 0 Å². The molecule has 2 atom stereocenters. The zero-order valence-corrected chi connectivity index (χ0v) is 14.1. The van der Waals surface area contributed by atoms with Crippen molar-refractivity contribution in [2.24, 2.45) is 11.8 Å². The molecule has 0 aromatic heterocycles. The highest BCUT2D eigenvalue weighted by molar-refractivity contribution is 5.74. The molecule has 24 heavy (non-hydrogen) atoms. The van der Waals surface area contributed by atoms with Gasteiger partial charge >= 0.3 is 6.03 Å². The van der Waals surface area contributed by atoms with E-state index in [1.54, 1.807) is 4.90 Å². The Morgan fingerprint density at radius 3 is 1.54 bits per heavy atom. The quantitative estimate of drug-likeness (QED) is 0.729. The van der Waals surface area contributed by atoms with Crippen LogP contribution < -0.4 is 0 Å². The van der Waals surface area contributed by atoms with Crippen molar-refractivity contribution in [2.45, 2.75) is 11.8 Å². The summed E-state index contributed by atoms with van der Waals surface area (Å²) in [5.41, 5.74) is 5.95. The lowest BCUT2D eigenvalue weighted by Crippen LogP contribution is -2.39. The molecule has 1 aliphatic heterocycles. The molecule has 6 rings (SSSR count). The smallest absolute Gasteiger partial charge is 0.319 e. The molecule has 0 radical (unpaired) electrons. The Hall–Kier alpha value is -2.29. The van der Waals surface area contributed by atoms with E-state index < -0.39 is 0 Å². The molecule has 3 aliphatic carbocycles. The Balaban J connectivity index is 1.64. The topological polar surface area (TPSA) is 23.6 Å². The number of carbonyl (C=O) groups excluding carboxylic acids is 1. The highest BCUT2D eigenvalue weighted by Crippen LogP contribution is 2.60. The number of hydrogen-bond donors (Lipinski definition) is 0. The second-order valence-electron chi connectivity index (χ2n) is 7.62. The van der Waals surface area contributed by atoms with Crippen molar-refractivity contribution in [3.05, 3.63) is 70.8 Å². The third kappa shape index (κ3) is 1.70. The van der Waals surface area contributed by atoms with Crippen LogP contribution in [-0.4, -0.2) is 43.0 Å². The van der Waals surface area contributed by atoms with E-state index in [0.29, 0.717) is 23.7 Å². The van der Waals surface area contributed by atoms with Crippen LogP contribution >= 0.6 is 0 Å². The van der Waals surface area contributed by atoms with E-state index in [9.17, 15) is 4.79 Å². The van der Waals surface area contributed by atoms with E-state index in [0.717, 1.165) is 13.1 Å². The summed E-state index contributed by atoms with van der Waals surface area (Å²) in [4.78, 5) is 16.3. The fourth-order valence-corrected chi connectivity index (χ4v) is 5.41. The SMILES string of the molecule is CN(C)C(=O)N1C[C@@H]2C3c4ccccc4C(c4ccccc43)[C@@H]2C1. The second-order valence-corrected chi connectivity index (χ2v) is 7.62. The summed E-state index contributed by atoms with van der Waals surface area (Å²) in [6, 6.07) is 18.0. The number of urea groups is 1. The molecule has 4 aliphatic rings. The number of hydrogen-bond acceptors (Lipinski definition) is 1. The normalized spacial score (nSPS) is 29.0. The average molecular weight is 318 g/mol. The van der Waals surface area contributed by atoms with Crippen molar-refractivity contribution < 1.29 is 4.79 Å². The van der Waals surface area contributed by atoms with Crippen molar-refractivity contribution >= 4 is 6.03 Å². The first-order valence-corrected chi connectivity index (χ1v) is 8.80. The molecule has 2 aromatic carbocycles. The van der Waals surface area contributed by atoms with Crippen LogP contribution in [0.15, 0.2) is 48.5 Å². The molecule has 1 saturated heterocycles. The van der Waals surface area contributed by atoms with Crippen LogP contribution in [0.4, 0.5) is 4.79 Å². The maximum atomic E-state index is 12.5. The number of amides is 2. The van der Waals surface area contributed by atoms with Gasteiger partial charge in [0, 0.05) is 39.0 Å². The maximum absolute atomic E-state index is 12.5. The molecule has 0 spiro atoms. The molecule has 1 heterocycles. The van der Waals surface area contributed by atoms with E-state index >= 15 is 0 Å². The summed E-state index contributed by atoms with van der Waals surface area (Å²) in [7, 11) is 3.70. The Morgan fingerprint density at radius 2 is 1.21 bits per heavy atom. The van der Waals surface area contributed by atoms with Gasteiger partial charge in [-0.1, -0.05) is 48.5 Å². The maximum Gasteiger partial charge on any atom is 0.319 e. The minimum Gasteiger partial charge on any atom is -0.331 e. The zero-order valence-electron chi connectivity index (χ0n) is 14.1. The Morgan fingerprint density at radius 1 is 0.833 bits per heavy atom. The van der Waals surface area contributed by atoms with Crippen LogP contribution in [0.25, 0.3) is 0 Å². The van der Waals surface area contributed by atoms with E-state index in [-0.39, 0.29) is 6.03 Å². The minimum absolute atomic E-state index is 0.150. The molecule has 3 heteroatoms. The second kappa shape index (κ2) is 4.85. The number of likely N-dealkylation sites (tertiary alicyclic amines) is 1. The third-order valence-electron chi connectivity index (χ3n) is 6.25. The summed E-state index contributed by atoms with van der Waals surface area (Å²) >= 11 is 0.